The van der Waals surface area contributed by atoms with Crippen molar-refractivity contribution in [1.29, 1.82) is 0 Å². The van der Waals surface area contributed by atoms with Crippen LogP contribution in [0.2, 0.25) is 0 Å². The minimum atomic E-state index is -0.165. The van der Waals surface area contributed by atoms with Gasteiger partial charge in [0.15, 0.2) is 0 Å². The van der Waals surface area contributed by atoms with E-state index in [4.69, 9.17) is 18.9 Å². The summed E-state index contributed by atoms with van der Waals surface area (Å²) in [4.78, 5) is 0. The molecule has 2 heterocycles. The lowest BCUT2D eigenvalue weighted by Gasteiger charge is -2.43. The van der Waals surface area contributed by atoms with Gasteiger partial charge in [0.05, 0.1) is 42.5 Å². The Morgan fingerprint density at radius 2 is 2.00 bits per heavy atom. The van der Waals surface area contributed by atoms with Gasteiger partial charge in [0.25, 0.3) is 0 Å². The number of epoxide rings is 2. The number of methoxy groups -OCH3 is 1. The monoisotopic (exact) mass is 340 g/mol. The van der Waals surface area contributed by atoms with Crippen LogP contribution < -0.4 is 0 Å². The molecule has 3 aliphatic rings. The fraction of sp³-hybridized carbons (Fsp3) is 0.900. The minimum absolute atomic E-state index is 0. The topological polar surface area (TPSA) is 43.5 Å². The third kappa shape index (κ3) is 3.57. The number of ether oxygens (including phenoxy) is 4. The van der Waals surface area contributed by atoms with Gasteiger partial charge in [-0.15, -0.1) is 0 Å². The molecule has 1 spiro atoms. The number of hydrogen-bond donors (Lipinski definition) is 0. The Morgan fingerprint density at radius 3 is 2.50 bits per heavy atom. The predicted octanol–water partition coefficient (Wildman–Crippen LogP) is 4.12. The first-order chi connectivity index (χ1) is 10.8. The summed E-state index contributed by atoms with van der Waals surface area (Å²) in [7, 11) is 1.80. The Labute approximate surface area is 147 Å². The van der Waals surface area contributed by atoms with E-state index in [2.05, 4.69) is 40.7 Å². The Kier molecular flexibility index (Phi) is 5.86. The van der Waals surface area contributed by atoms with Gasteiger partial charge < -0.3 is 18.9 Å². The molecule has 2 saturated heterocycles. The molecule has 3 rings (SSSR count). The molecule has 1 saturated carbocycles. The van der Waals surface area contributed by atoms with E-state index >= 15 is 0 Å². The molecule has 0 bridgehead atoms. The summed E-state index contributed by atoms with van der Waals surface area (Å²) < 4.78 is 24.2. The zero-order valence-electron chi connectivity index (χ0n) is 15.4. The first kappa shape index (κ1) is 19.9. The maximum Gasteiger partial charge on any atom is 0.101 e. The molecule has 3 fully saturated rings. The Balaban J connectivity index is 0.00000208. The van der Waals surface area contributed by atoms with Crippen LogP contribution in [-0.2, 0) is 18.9 Å². The summed E-state index contributed by atoms with van der Waals surface area (Å²) in [6.07, 6.45) is 5.92. The first-order valence-corrected chi connectivity index (χ1v) is 8.96. The second-order valence-electron chi connectivity index (χ2n) is 8.10. The highest BCUT2D eigenvalue weighted by Crippen LogP contribution is 2.59. The maximum absolute atomic E-state index is 6.20. The van der Waals surface area contributed by atoms with Gasteiger partial charge in [-0.1, -0.05) is 19.1 Å². The third-order valence-electron chi connectivity index (χ3n) is 5.68. The lowest BCUT2D eigenvalue weighted by molar-refractivity contribution is -0.151. The van der Waals surface area contributed by atoms with Gasteiger partial charge in [0.2, 0.25) is 0 Å². The molecule has 24 heavy (non-hydrogen) atoms. The van der Waals surface area contributed by atoms with E-state index < -0.39 is 0 Å². The smallest absolute Gasteiger partial charge is 0.101 e. The molecule has 4 heteroatoms. The molecule has 6 atom stereocenters. The molecule has 0 aromatic heterocycles. The van der Waals surface area contributed by atoms with Gasteiger partial charge >= 0.3 is 0 Å². The molecular weight excluding hydrogens is 304 g/mol. The van der Waals surface area contributed by atoms with E-state index in [-0.39, 0.29) is 49.0 Å². The average molecular weight is 341 g/mol. The summed E-state index contributed by atoms with van der Waals surface area (Å²) >= 11 is 0. The van der Waals surface area contributed by atoms with Crippen LogP contribution in [0.15, 0.2) is 11.6 Å². The van der Waals surface area contributed by atoms with Crippen LogP contribution in [0, 0.1) is 5.92 Å². The standard InChI is InChI=1S/C19H32O4.CH4/c1-12(2)7-8-15-18(5,23-15)17-16(20-6)14(22-13(3)4)9-10-19(17)11-21-19;/h7,13-17H,8-11H2,1-6H3;1H4/t14?,15-,16?,17?,18+,19+;/m1./s1. The minimum Gasteiger partial charge on any atom is -0.378 e. The van der Waals surface area contributed by atoms with Crippen molar-refractivity contribution in [2.75, 3.05) is 13.7 Å². The summed E-state index contributed by atoms with van der Waals surface area (Å²) in [6.45, 7) is 11.5. The highest BCUT2D eigenvalue weighted by molar-refractivity contribution is 5.20. The van der Waals surface area contributed by atoms with E-state index in [0.717, 1.165) is 25.9 Å². The third-order valence-corrected chi connectivity index (χ3v) is 5.68. The molecule has 1 aliphatic carbocycles. The lowest BCUT2D eigenvalue weighted by atomic mass is 9.68. The van der Waals surface area contributed by atoms with E-state index in [0.29, 0.717) is 0 Å². The van der Waals surface area contributed by atoms with Crippen LogP contribution in [0.4, 0.5) is 0 Å². The summed E-state index contributed by atoms with van der Waals surface area (Å²) in [5.41, 5.74) is 1.13. The predicted molar refractivity (Wildman–Crippen MR) is 96.3 cm³/mol. The van der Waals surface area contributed by atoms with Crippen molar-refractivity contribution in [2.45, 2.75) is 96.9 Å². The summed E-state index contributed by atoms with van der Waals surface area (Å²) in [5.74, 6) is 0.244. The molecule has 140 valence electrons. The van der Waals surface area contributed by atoms with Gasteiger partial charge in [-0.05, 0) is 53.9 Å². The maximum atomic E-state index is 6.20. The quantitative estimate of drug-likeness (QED) is 0.539. The van der Waals surface area contributed by atoms with Crippen LogP contribution in [-0.4, -0.2) is 49.3 Å². The van der Waals surface area contributed by atoms with Crippen molar-refractivity contribution >= 4 is 0 Å². The molecule has 0 radical (unpaired) electrons. The van der Waals surface area contributed by atoms with Crippen LogP contribution in [0.5, 0.6) is 0 Å². The van der Waals surface area contributed by atoms with Crippen molar-refractivity contribution in [3.63, 3.8) is 0 Å². The summed E-state index contributed by atoms with van der Waals surface area (Å²) in [5, 5.41) is 0. The van der Waals surface area contributed by atoms with Crippen molar-refractivity contribution in [2.24, 2.45) is 5.92 Å². The zero-order chi connectivity index (χ0) is 16.8. The van der Waals surface area contributed by atoms with Gasteiger partial charge in [-0.25, -0.2) is 0 Å². The van der Waals surface area contributed by atoms with E-state index in [1.165, 1.54) is 5.57 Å². The van der Waals surface area contributed by atoms with Crippen molar-refractivity contribution in [1.82, 2.24) is 0 Å². The molecule has 4 nitrogen and oxygen atoms in total. The number of rotatable bonds is 6. The molecule has 0 aromatic carbocycles. The lowest BCUT2D eigenvalue weighted by Crippen LogP contribution is -2.55. The molecule has 2 aliphatic heterocycles. The SMILES string of the molecule is C.COC1C(OC(C)C)CC[C@]2(CO2)C1[C@@]1(C)O[C@@H]1CC=C(C)C. The number of allylic oxidation sites excluding steroid dienone is 1. The molecular formula is C20H36O4. The Morgan fingerprint density at radius 1 is 1.33 bits per heavy atom. The molecule has 0 aromatic rings. The van der Waals surface area contributed by atoms with Gasteiger partial charge in [0, 0.05) is 7.11 Å². The van der Waals surface area contributed by atoms with Crippen LogP contribution >= 0.6 is 0 Å². The molecule has 3 unspecified atom stereocenters. The normalized spacial score (nSPS) is 43.5. The fourth-order valence-electron chi connectivity index (χ4n) is 4.44. The van der Waals surface area contributed by atoms with E-state index in [1.54, 1.807) is 7.11 Å². The number of hydrogen-bond acceptors (Lipinski definition) is 4. The van der Waals surface area contributed by atoms with Crippen LogP contribution in [0.25, 0.3) is 0 Å². The largest absolute Gasteiger partial charge is 0.378 e. The van der Waals surface area contributed by atoms with Crippen LogP contribution in [0.1, 0.15) is 61.3 Å². The second-order valence-corrected chi connectivity index (χ2v) is 8.10. The van der Waals surface area contributed by atoms with Gasteiger partial charge in [-0.3, -0.25) is 0 Å². The van der Waals surface area contributed by atoms with Crippen LogP contribution in [0.3, 0.4) is 0 Å². The highest BCUT2D eigenvalue weighted by atomic mass is 16.6. The molecule has 0 N–H and O–H groups in total. The van der Waals surface area contributed by atoms with Gasteiger partial charge in [0.1, 0.15) is 5.60 Å². The average Bonchev–Trinajstić information content (AvgIpc) is 3.37. The van der Waals surface area contributed by atoms with Crippen molar-refractivity contribution in [3.05, 3.63) is 11.6 Å². The fourth-order valence-corrected chi connectivity index (χ4v) is 4.44. The molecule has 0 amide bonds. The van der Waals surface area contributed by atoms with Crippen molar-refractivity contribution in [3.8, 4) is 0 Å². The summed E-state index contributed by atoms with van der Waals surface area (Å²) in [6, 6.07) is 0. The van der Waals surface area contributed by atoms with Crippen molar-refractivity contribution < 1.29 is 18.9 Å². The first-order valence-electron chi connectivity index (χ1n) is 8.96. The zero-order valence-corrected chi connectivity index (χ0v) is 15.4. The van der Waals surface area contributed by atoms with E-state index in [9.17, 15) is 0 Å². The van der Waals surface area contributed by atoms with E-state index in [1.807, 2.05) is 0 Å². The van der Waals surface area contributed by atoms with Gasteiger partial charge in [-0.2, -0.15) is 0 Å². The Hall–Kier alpha value is -0.420. The Bertz CT molecular complexity index is 464. The highest BCUT2D eigenvalue weighted by Gasteiger charge is 2.71. The second kappa shape index (κ2) is 7.06.